The van der Waals surface area contributed by atoms with Crippen molar-refractivity contribution in [3.8, 4) is 0 Å². The molecule has 17 nitrogen and oxygen atoms in total. The number of esters is 4. The van der Waals surface area contributed by atoms with Crippen molar-refractivity contribution in [2.24, 2.45) is 17.8 Å². The third-order valence-electron chi connectivity index (χ3n) is 15.7. The van der Waals surface area contributed by atoms with Gasteiger partial charge < -0.3 is 33.8 Å². The van der Waals surface area contributed by atoms with Crippen molar-refractivity contribution in [2.45, 2.75) is 349 Å². The average molecular weight is 1270 g/mol. The summed E-state index contributed by atoms with van der Waals surface area (Å²) in [6.07, 6.45) is 40.4. The summed E-state index contributed by atoms with van der Waals surface area (Å²) in [4.78, 5) is 72.4. The summed E-state index contributed by atoms with van der Waals surface area (Å²) in [5.74, 6) is 0.0455. The molecule has 0 aromatic carbocycles. The van der Waals surface area contributed by atoms with Gasteiger partial charge in [0.25, 0.3) is 0 Å². The van der Waals surface area contributed by atoms with E-state index in [1.807, 2.05) is 0 Å². The van der Waals surface area contributed by atoms with Crippen LogP contribution in [0.2, 0.25) is 0 Å². The molecule has 0 aromatic heterocycles. The zero-order valence-electron chi connectivity index (χ0n) is 55.8. The first-order chi connectivity index (χ1) is 41.3. The number of ether oxygens (including phenoxy) is 4. The Morgan fingerprint density at radius 1 is 0.337 bits per heavy atom. The molecule has 19 heteroatoms. The van der Waals surface area contributed by atoms with Gasteiger partial charge in [-0.1, -0.05) is 280 Å². The Hall–Kier alpha value is -1.94. The van der Waals surface area contributed by atoms with Gasteiger partial charge in [-0.3, -0.25) is 37.3 Å². The van der Waals surface area contributed by atoms with Gasteiger partial charge >= 0.3 is 39.5 Å². The zero-order chi connectivity index (χ0) is 63.8. The van der Waals surface area contributed by atoms with Crippen LogP contribution in [0.25, 0.3) is 0 Å². The fraction of sp³-hybridized carbons (Fsp3) is 0.940. The number of rotatable bonds is 65. The van der Waals surface area contributed by atoms with Crippen molar-refractivity contribution in [1.82, 2.24) is 0 Å². The van der Waals surface area contributed by atoms with E-state index in [9.17, 15) is 43.2 Å². The fourth-order valence-electron chi connectivity index (χ4n) is 9.98. The zero-order valence-corrected chi connectivity index (χ0v) is 57.6. The van der Waals surface area contributed by atoms with Gasteiger partial charge in [0.05, 0.1) is 26.4 Å². The van der Waals surface area contributed by atoms with E-state index in [1.54, 1.807) is 0 Å². The first-order valence-corrected chi connectivity index (χ1v) is 37.9. The summed E-state index contributed by atoms with van der Waals surface area (Å²) in [6, 6.07) is 0. The summed E-state index contributed by atoms with van der Waals surface area (Å²) in [5.41, 5.74) is 0. The van der Waals surface area contributed by atoms with E-state index in [0.717, 1.165) is 108 Å². The first-order valence-electron chi connectivity index (χ1n) is 34.9. The minimum atomic E-state index is -4.95. The molecular weight excluding hydrogens is 1140 g/mol. The van der Waals surface area contributed by atoms with Gasteiger partial charge in [-0.05, 0) is 43.4 Å². The number of phosphoric acid groups is 2. The highest BCUT2D eigenvalue weighted by Gasteiger charge is 2.30. The van der Waals surface area contributed by atoms with E-state index in [4.69, 9.17) is 37.0 Å². The predicted molar refractivity (Wildman–Crippen MR) is 344 cm³/mol. The maximum atomic E-state index is 13.0. The largest absolute Gasteiger partial charge is 0.472 e. The van der Waals surface area contributed by atoms with Gasteiger partial charge in [0.15, 0.2) is 12.2 Å². The molecule has 510 valence electrons. The molecule has 0 radical (unpaired) electrons. The van der Waals surface area contributed by atoms with Crippen LogP contribution in [0.1, 0.15) is 331 Å². The number of hydrogen-bond acceptors (Lipinski definition) is 15. The highest BCUT2D eigenvalue weighted by atomic mass is 31.2. The number of aliphatic hydroxyl groups is 1. The molecule has 0 amide bonds. The van der Waals surface area contributed by atoms with E-state index in [-0.39, 0.29) is 25.7 Å². The van der Waals surface area contributed by atoms with Crippen molar-refractivity contribution in [3.63, 3.8) is 0 Å². The van der Waals surface area contributed by atoms with Gasteiger partial charge in [0, 0.05) is 25.7 Å². The third kappa shape index (κ3) is 59.7. The normalized spacial score (nSPS) is 14.6. The van der Waals surface area contributed by atoms with Crippen LogP contribution in [0.4, 0.5) is 0 Å². The number of phosphoric ester groups is 2. The molecule has 3 unspecified atom stereocenters. The maximum Gasteiger partial charge on any atom is 0.472 e. The minimum Gasteiger partial charge on any atom is -0.462 e. The molecule has 0 aromatic rings. The Labute approximate surface area is 524 Å². The fourth-order valence-corrected chi connectivity index (χ4v) is 11.6. The Morgan fingerprint density at radius 2 is 0.593 bits per heavy atom. The molecule has 0 bridgehead atoms. The number of hydrogen-bond donors (Lipinski definition) is 3. The molecule has 0 aliphatic rings. The van der Waals surface area contributed by atoms with E-state index < -0.39 is 97.5 Å². The van der Waals surface area contributed by atoms with Crippen LogP contribution in [0.15, 0.2) is 0 Å². The molecule has 0 aliphatic carbocycles. The lowest BCUT2D eigenvalue weighted by Gasteiger charge is -2.21. The van der Waals surface area contributed by atoms with Crippen LogP contribution in [0.3, 0.4) is 0 Å². The molecule has 6 atom stereocenters. The number of carbonyl (C=O) groups excluding carboxylic acids is 4. The Morgan fingerprint density at radius 3 is 0.884 bits per heavy atom. The highest BCUT2D eigenvalue weighted by Crippen LogP contribution is 2.45. The summed E-state index contributed by atoms with van der Waals surface area (Å²) in [7, 11) is -9.89. The molecule has 0 rings (SSSR count). The SMILES string of the molecule is CCCCCCCCCCCCCCCC(=O)OC[C@H](COP(=O)(O)OC[C@@H](O)COP(=O)(O)OC[C@@H](COC(=O)CCCCCCCCC(C)CC)OC(=O)CCCCCCCCCC(C)C)OC(=O)CCCCCCCCCCCCC(C)C. The molecule has 0 aliphatic heterocycles. The van der Waals surface area contributed by atoms with Gasteiger partial charge in [-0.2, -0.15) is 0 Å². The quantitative estimate of drug-likeness (QED) is 0.0222. The standard InChI is InChI=1S/C67H130O17P2/c1-8-10-11-12-13-14-15-16-17-21-26-34-41-48-64(69)77-54-62(83-66(71)50-43-36-27-22-19-18-20-24-31-38-45-58(3)4)56-81-85(73,74)79-52-61(68)53-80-86(75,76)82-57-63(84-67(72)51-44-37-28-23-25-32-39-46-59(5)6)55-78-65(70)49-42-35-30-29-33-40-47-60(7)9-2/h58-63,68H,8-57H2,1-7H3,(H,73,74)(H,75,76)/t60?,61-,62-,63-/m1/s1. The molecule has 3 N–H and O–H groups in total. The minimum absolute atomic E-state index is 0.102. The Kier molecular flexibility index (Phi) is 56.9. The van der Waals surface area contributed by atoms with E-state index in [1.165, 1.54) is 135 Å². The van der Waals surface area contributed by atoms with Crippen molar-refractivity contribution in [1.29, 1.82) is 0 Å². The molecule has 0 saturated heterocycles. The van der Waals surface area contributed by atoms with Gasteiger partial charge in [-0.25, -0.2) is 9.13 Å². The topological polar surface area (TPSA) is 237 Å². The predicted octanol–water partition coefficient (Wildman–Crippen LogP) is 18.7. The molecule has 0 heterocycles. The van der Waals surface area contributed by atoms with E-state index in [2.05, 4.69) is 48.5 Å². The second-order valence-electron chi connectivity index (χ2n) is 25.4. The number of carbonyl (C=O) groups is 4. The van der Waals surface area contributed by atoms with Crippen LogP contribution in [0, 0.1) is 17.8 Å². The molecule has 86 heavy (non-hydrogen) atoms. The van der Waals surface area contributed by atoms with Crippen molar-refractivity contribution < 1.29 is 80.2 Å². The van der Waals surface area contributed by atoms with Crippen molar-refractivity contribution in [2.75, 3.05) is 39.6 Å². The number of aliphatic hydroxyl groups excluding tert-OH is 1. The molecule has 0 spiro atoms. The van der Waals surface area contributed by atoms with Gasteiger partial charge in [0.1, 0.15) is 19.3 Å². The second kappa shape index (κ2) is 58.2. The first kappa shape index (κ1) is 84.1. The lowest BCUT2D eigenvalue weighted by molar-refractivity contribution is -0.161. The van der Waals surface area contributed by atoms with Crippen LogP contribution in [0.5, 0.6) is 0 Å². The Balaban J connectivity index is 5.25. The van der Waals surface area contributed by atoms with Crippen LogP contribution >= 0.6 is 15.6 Å². The van der Waals surface area contributed by atoms with Crippen molar-refractivity contribution in [3.05, 3.63) is 0 Å². The lowest BCUT2D eigenvalue weighted by Crippen LogP contribution is -2.30. The van der Waals surface area contributed by atoms with Crippen LogP contribution in [-0.4, -0.2) is 96.7 Å². The Bertz CT molecular complexity index is 1700. The summed E-state index contributed by atoms with van der Waals surface area (Å²) in [5, 5.41) is 10.6. The van der Waals surface area contributed by atoms with Gasteiger partial charge in [0.2, 0.25) is 0 Å². The highest BCUT2D eigenvalue weighted by molar-refractivity contribution is 7.47. The molecular formula is C67H130O17P2. The summed E-state index contributed by atoms with van der Waals surface area (Å²) in [6.45, 7) is 11.7. The molecule has 0 fully saturated rings. The second-order valence-corrected chi connectivity index (χ2v) is 28.3. The van der Waals surface area contributed by atoms with E-state index >= 15 is 0 Å². The van der Waals surface area contributed by atoms with Gasteiger partial charge in [-0.15, -0.1) is 0 Å². The third-order valence-corrected chi connectivity index (χ3v) is 17.6. The molecule has 0 saturated carbocycles. The smallest absolute Gasteiger partial charge is 0.462 e. The van der Waals surface area contributed by atoms with Crippen LogP contribution in [-0.2, 0) is 65.4 Å². The summed E-state index contributed by atoms with van der Waals surface area (Å²) < 4.78 is 68.1. The summed E-state index contributed by atoms with van der Waals surface area (Å²) >= 11 is 0. The average Bonchev–Trinajstić information content (AvgIpc) is 3.66. The maximum absolute atomic E-state index is 13.0. The number of unbranched alkanes of at least 4 members (excludes halogenated alkanes) is 32. The lowest BCUT2D eigenvalue weighted by atomic mass is 10.00. The van der Waals surface area contributed by atoms with Crippen molar-refractivity contribution >= 4 is 39.5 Å². The van der Waals surface area contributed by atoms with Crippen LogP contribution < -0.4 is 0 Å². The monoisotopic (exact) mass is 1270 g/mol. The van der Waals surface area contributed by atoms with E-state index in [0.29, 0.717) is 31.6 Å².